The van der Waals surface area contributed by atoms with E-state index in [1.54, 1.807) is 15.2 Å². The lowest BCUT2D eigenvalue weighted by molar-refractivity contribution is -0.126. The maximum atomic E-state index is 13.6. The van der Waals surface area contributed by atoms with Gasteiger partial charge in [-0.25, -0.2) is 9.03 Å². The summed E-state index contributed by atoms with van der Waals surface area (Å²) >= 11 is 0. The Morgan fingerprint density at radius 3 is 1.93 bits per heavy atom. The Morgan fingerprint density at radius 1 is 0.702 bits per heavy atom. The van der Waals surface area contributed by atoms with Gasteiger partial charge in [-0.3, -0.25) is 25.2 Å². The van der Waals surface area contributed by atoms with Gasteiger partial charge in [0.15, 0.2) is 11.3 Å². The van der Waals surface area contributed by atoms with Gasteiger partial charge in [-0.2, -0.15) is 9.97 Å². The highest BCUT2D eigenvalue weighted by Gasteiger charge is 2.51. The zero-order valence-electron chi connectivity index (χ0n) is 31.1. The van der Waals surface area contributed by atoms with E-state index in [0.717, 1.165) is 51.6 Å². The van der Waals surface area contributed by atoms with Crippen LogP contribution in [0.25, 0.3) is 33.8 Å². The number of nitrogens with one attached hydrogen (secondary N) is 2. The Balaban J connectivity index is 0.838. The number of carbonyl (C=O) groups excluding carboxylic acids is 2. The number of amides is 2. The van der Waals surface area contributed by atoms with E-state index in [1.165, 1.54) is 0 Å². The summed E-state index contributed by atoms with van der Waals surface area (Å²) in [6.07, 6.45) is 4.76. The molecule has 282 valence electrons. The highest BCUT2D eigenvalue weighted by Crippen LogP contribution is 2.49. The van der Waals surface area contributed by atoms with Crippen LogP contribution in [0.4, 0.5) is 17.6 Å². The summed E-state index contributed by atoms with van der Waals surface area (Å²) < 4.78 is 9.36. The summed E-state index contributed by atoms with van der Waals surface area (Å²) in [4.78, 5) is 42.4. The van der Waals surface area contributed by atoms with Crippen LogP contribution in [0.15, 0.2) is 140 Å². The van der Waals surface area contributed by atoms with Crippen molar-refractivity contribution in [3.8, 4) is 28.3 Å². The molecule has 13 nitrogen and oxygen atoms in total. The van der Waals surface area contributed by atoms with Crippen LogP contribution in [0.3, 0.4) is 0 Å². The molecule has 0 radical (unpaired) electrons. The summed E-state index contributed by atoms with van der Waals surface area (Å²) in [5, 5.41) is 14.9. The first kappa shape index (κ1) is 35.3. The van der Waals surface area contributed by atoms with Gasteiger partial charge in [0.1, 0.15) is 12.4 Å². The second-order valence-electron chi connectivity index (χ2n) is 14.3. The van der Waals surface area contributed by atoms with Gasteiger partial charge in [0, 0.05) is 49.2 Å². The molecule has 3 aromatic carbocycles. The van der Waals surface area contributed by atoms with Gasteiger partial charge in [-0.1, -0.05) is 60.7 Å². The lowest BCUT2D eigenvalue weighted by atomic mass is 10.0. The van der Waals surface area contributed by atoms with Gasteiger partial charge in [0.05, 0.1) is 16.8 Å². The lowest BCUT2D eigenvalue weighted by Gasteiger charge is -2.19. The highest BCUT2D eigenvalue weighted by atomic mass is 16.5. The zero-order chi connectivity index (χ0) is 38.8. The predicted molar refractivity (Wildman–Crippen MR) is 218 cm³/mol. The predicted octanol–water partition coefficient (Wildman–Crippen LogP) is 7.46. The first-order valence-corrected chi connectivity index (χ1v) is 18.7. The van der Waals surface area contributed by atoms with E-state index in [2.05, 4.69) is 58.9 Å². The summed E-state index contributed by atoms with van der Waals surface area (Å²) in [6, 6.07) is 41.3. The molecule has 0 atom stereocenters. The normalized spacial score (nSPS) is 13.0. The standard InChI is InChI=1S/C44H38N10O3/c1-52(28-31-10-7-25-45-27-31)34-19-15-32(16-20-34)36-11-5-14-39-47-43(51-54(36)39)49-41(56)44(23-24-44)26-40(55)48-42-46-38-13-6-12-37(53(38)50-42)33-17-21-35(22-18-33)57-29-30-8-3-2-4-9-30/h2-22,25,27H,23-24,26,28-29H2,1H3,(H,48,50,55)(H,49,51,56). The fraction of sp³-hybridized carbons (Fsp3) is 0.159. The number of rotatable bonds is 13. The third-order valence-corrected chi connectivity index (χ3v) is 10.2. The molecule has 1 aliphatic carbocycles. The van der Waals surface area contributed by atoms with Crippen molar-refractivity contribution in [2.45, 2.75) is 32.4 Å². The van der Waals surface area contributed by atoms with Crippen molar-refractivity contribution < 1.29 is 14.3 Å². The number of fused-ring (bicyclic) bond motifs is 2. The molecule has 5 aromatic heterocycles. The number of carbonyl (C=O) groups is 2. The van der Waals surface area contributed by atoms with Gasteiger partial charge in [-0.05, 0) is 90.7 Å². The van der Waals surface area contributed by atoms with Gasteiger partial charge < -0.3 is 9.64 Å². The van der Waals surface area contributed by atoms with Crippen LogP contribution in [0.2, 0.25) is 0 Å². The van der Waals surface area contributed by atoms with Crippen molar-refractivity contribution in [2.24, 2.45) is 5.41 Å². The summed E-state index contributed by atoms with van der Waals surface area (Å²) in [6.45, 7) is 1.21. The van der Waals surface area contributed by atoms with Crippen LogP contribution < -0.4 is 20.3 Å². The minimum Gasteiger partial charge on any atom is -0.489 e. The number of anilines is 3. The maximum absolute atomic E-state index is 13.6. The van der Waals surface area contributed by atoms with Crippen molar-refractivity contribution >= 4 is 40.7 Å². The van der Waals surface area contributed by atoms with Gasteiger partial charge in [0.2, 0.25) is 23.7 Å². The second-order valence-corrected chi connectivity index (χ2v) is 14.3. The van der Waals surface area contributed by atoms with E-state index < -0.39 is 5.41 Å². The lowest BCUT2D eigenvalue weighted by Crippen LogP contribution is -2.29. The average molecular weight is 755 g/mol. The van der Waals surface area contributed by atoms with Gasteiger partial charge in [0.25, 0.3) is 0 Å². The zero-order valence-corrected chi connectivity index (χ0v) is 31.1. The molecule has 0 saturated heterocycles. The summed E-state index contributed by atoms with van der Waals surface area (Å²) in [5.74, 6) is 0.452. The van der Waals surface area contributed by atoms with E-state index in [4.69, 9.17) is 4.74 Å². The molecule has 0 aliphatic heterocycles. The van der Waals surface area contributed by atoms with E-state index in [9.17, 15) is 9.59 Å². The second kappa shape index (κ2) is 15.0. The Bertz CT molecular complexity index is 2690. The molecule has 0 spiro atoms. The number of pyridine rings is 3. The summed E-state index contributed by atoms with van der Waals surface area (Å²) in [7, 11) is 2.04. The van der Waals surface area contributed by atoms with E-state index in [1.807, 2.05) is 122 Å². The molecule has 1 saturated carbocycles. The Labute approximate surface area is 328 Å². The van der Waals surface area contributed by atoms with Crippen molar-refractivity contribution in [3.63, 3.8) is 0 Å². The van der Waals surface area contributed by atoms with E-state index in [-0.39, 0.29) is 30.1 Å². The molecule has 0 bridgehead atoms. The first-order chi connectivity index (χ1) is 27.9. The summed E-state index contributed by atoms with van der Waals surface area (Å²) in [5.41, 5.74) is 7.08. The van der Waals surface area contributed by atoms with Crippen LogP contribution in [0, 0.1) is 5.41 Å². The SMILES string of the molecule is CN(Cc1cccnc1)c1ccc(-c2cccc3nc(NC(=O)C4(CC(=O)Nc5nc6cccc(-c7ccc(OCc8ccccc8)cc7)n6n5)CC4)nn23)cc1. The van der Waals surface area contributed by atoms with Crippen LogP contribution in [0.1, 0.15) is 30.4 Å². The van der Waals surface area contributed by atoms with Crippen LogP contribution in [-0.2, 0) is 22.7 Å². The molecule has 1 fully saturated rings. The number of nitrogens with zero attached hydrogens (tertiary/aromatic N) is 8. The van der Waals surface area contributed by atoms with E-state index >= 15 is 0 Å². The van der Waals surface area contributed by atoms with Crippen molar-refractivity contribution in [1.82, 2.24) is 34.2 Å². The maximum Gasteiger partial charge on any atom is 0.249 e. The molecule has 13 heteroatoms. The molecule has 8 aromatic rings. The average Bonchev–Trinajstić information content (AvgIpc) is 3.71. The van der Waals surface area contributed by atoms with Crippen molar-refractivity contribution in [2.75, 3.05) is 22.6 Å². The Morgan fingerprint density at radius 2 is 1.32 bits per heavy atom. The molecular formula is C44H38N10O3. The van der Waals surface area contributed by atoms with Crippen LogP contribution in [-0.4, -0.2) is 53.0 Å². The number of ether oxygens (including phenoxy) is 1. The first-order valence-electron chi connectivity index (χ1n) is 18.7. The van der Waals surface area contributed by atoms with Gasteiger partial charge in [-0.15, -0.1) is 10.2 Å². The number of hydrogen-bond donors (Lipinski definition) is 2. The third kappa shape index (κ3) is 7.63. The minimum absolute atomic E-state index is 0.0219. The molecule has 2 N–H and O–H groups in total. The fourth-order valence-electron chi connectivity index (χ4n) is 6.91. The number of benzene rings is 3. The monoisotopic (exact) mass is 754 g/mol. The number of aromatic nitrogens is 7. The van der Waals surface area contributed by atoms with E-state index in [0.29, 0.717) is 30.7 Å². The molecule has 1 aliphatic rings. The Kier molecular flexibility index (Phi) is 9.30. The van der Waals surface area contributed by atoms with Crippen LogP contribution in [0.5, 0.6) is 5.75 Å². The van der Waals surface area contributed by atoms with Crippen molar-refractivity contribution in [1.29, 1.82) is 0 Å². The molecule has 57 heavy (non-hydrogen) atoms. The smallest absolute Gasteiger partial charge is 0.249 e. The highest BCUT2D eigenvalue weighted by molar-refractivity contribution is 6.01. The fourth-order valence-corrected chi connectivity index (χ4v) is 6.91. The molecule has 0 unspecified atom stereocenters. The topological polar surface area (TPSA) is 144 Å². The minimum atomic E-state index is -0.864. The molecule has 5 heterocycles. The quantitative estimate of drug-likeness (QED) is 0.123. The van der Waals surface area contributed by atoms with Gasteiger partial charge >= 0.3 is 0 Å². The largest absolute Gasteiger partial charge is 0.489 e. The molecule has 2 amide bonds. The third-order valence-electron chi connectivity index (χ3n) is 10.2. The van der Waals surface area contributed by atoms with Crippen LogP contribution >= 0.6 is 0 Å². The Hall–Kier alpha value is -7.41. The van der Waals surface area contributed by atoms with Crippen molar-refractivity contribution in [3.05, 3.63) is 151 Å². The molecule has 9 rings (SSSR count). The molecular weight excluding hydrogens is 717 g/mol. The number of hydrogen-bond acceptors (Lipinski definition) is 9.